The maximum Gasteiger partial charge on any atom is 0.266 e. The largest absolute Gasteiger partial charge is 0.495 e. The molecule has 160 valence electrons. The fourth-order valence-electron chi connectivity index (χ4n) is 3.42. The van der Waals surface area contributed by atoms with Gasteiger partial charge in [-0.2, -0.15) is 0 Å². The molecule has 0 fully saturated rings. The summed E-state index contributed by atoms with van der Waals surface area (Å²) in [6, 6.07) is 17.0. The lowest BCUT2D eigenvalue weighted by Crippen LogP contribution is -2.29. The molecule has 1 N–H and O–H groups in total. The fourth-order valence-corrected chi connectivity index (χ4v) is 4.84. The Hall–Kier alpha value is -3.23. The molecule has 0 unspecified atom stereocenters. The third-order valence-corrected chi connectivity index (χ3v) is 5.87. The molecule has 3 aromatic rings. The minimum atomic E-state index is -0.388. The van der Waals surface area contributed by atoms with Gasteiger partial charge in [0.1, 0.15) is 5.75 Å². The number of benzene rings is 3. The number of carbonyl (C=O) groups excluding carboxylic acids is 3. The van der Waals surface area contributed by atoms with Crippen molar-refractivity contribution in [1.29, 1.82) is 0 Å². The molecule has 3 aromatic carbocycles. The Morgan fingerprint density at radius 3 is 2.31 bits per heavy atom. The molecule has 4 rings (SSSR count). The summed E-state index contributed by atoms with van der Waals surface area (Å²) >= 11 is 6.85. The van der Waals surface area contributed by atoms with Crippen molar-refractivity contribution in [3.8, 4) is 5.75 Å². The highest BCUT2D eigenvalue weighted by Crippen LogP contribution is 2.33. The summed E-state index contributed by atoms with van der Waals surface area (Å²) in [6.07, 6.45) is 3.02. The number of ether oxygens (including phenoxy) is 1. The van der Waals surface area contributed by atoms with E-state index in [2.05, 4.69) is 37.2 Å². The first-order valence-corrected chi connectivity index (χ1v) is 11.1. The summed E-state index contributed by atoms with van der Waals surface area (Å²) in [4.78, 5) is 39.0. The summed E-state index contributed by atoms with van der Waals surface area (Å²) in [5.74, 6) is -0.546. The number of carbonyl (C=O) groups is 3. The first-order valence-electron chi connectivity index (χ1n) is 9.49. The van der Waals surface area contributed by atoms with Crippen molar-refractivity contribution in [2.75, 3.05) is 17.3 Å². The van der Waals surface area contributed by atoms with Crippen molar-refractivity contribution >= 4 is 67.0 Å². The Balaban J connectivity index is 1.53. The van der Waals surface area contributed by atoms with Gasteiger partial charge in [0.15, 0.2) is 0 Å². The first-order chi connectivity index (χ1) is 15.4. The van der Waals surface area contributed by atoms with Crippen LogP contribution < -0.4 is 15.0 Å². The van der Waals surface area contributed by atoms with Crippen LogP contribution in [0.4, 0.5) is 11.4 Å². The molecule has 1 heterocycles. The molecule has 0 radical (unpaired) electrons. The standard InChI is InChI=1S/C24H16Br2N2O4/c1-32-22-14(11-15(25)12-20(22)26)9-10-21(29)27-16-5-4-6-17(13-16)28-23(30)18-7-2-3-8-19(18)24(28)31/h2-13H,1H3,(H,27,29). The first kappa shape index (κ1) is 22.0. The Bertz CT molecular complexity index is 1250. The highest BCUT2D eigenvalue weighted by Gasteiger charge is 2.36. The Morgan fingerprint density at radius 1 is 0.969 bits per heavy atom. The Kier molecular flexibility index (Phi) is 6.25. The van der Waals surface area contributed by atoms with Gasteiger partial charge in [-0.05, 0) is 64.5 Å². The second-order valence-electron chi connectivity index (χ2n) is 6.87. The quantitative estimate of drug-likeness (QED) is 0.325. The van der Waals surface area contributed by atoms with E-state index >= 15 is 0 Å². The van der Waals surface area contributed by atoms with Crippen LogP contribution in [-0.2, 0) is 4.79 Å². The number of amides is 3. The van der Waals surface area contributed by atoms with Crippen molar-refractivity contribution in [3.63, 3.8) is 0 Å². The lowest BCUT2D eigenvalue weighted by molar-refractivity contribution is -0.111. The molecule has 0 saturated heterocycles. The molecule has 0 saturated carbocycles. The molecule has 1 aliphatic heterocycles. The van der Waals surface area contributed by atoms with E-state index in [0.29, 0.717) is 33.8 Å². The molecule has 0 bridgehead atoms. The number of rotatable bonds is 5. The van der Waals surface area contributed by atoms with Crippen molar-refractivity contribution in [3.05, 3.63) is 92.4 Å². The van der Waals surface area contributed by atoms with Crippen LogP contribution in [0.15, 0.2) is 75.7 Å². The van der Waals surface area contributed by atoms with Gasteiger partial charge in [0.05, 0.1) is 28.4 Å². The molecule has 32 heavy (non-hydrogen) atoms. The molecule has 1 aliphatic rings. The number of anilines is 2. The van der Waals surface area contributed by atoms with E-state index in [0.717, 1.165) is 13.8 Å². The van der Waals surface area contributed by atoms with E-state index in [1.165, 1.54) is 6.08 Å². The minimum Gasteiger partial charge on any atom is -0.495 e. The normalized spacial score (nSPS) is 12.9. The SMILES string of the molecule is COc1c(Br)cc(Br)cc1C=CC(=O)Nc1cccc(N2C(=O)c3ccccc3C2=O)c1. The summed E-state index contributed by atoms with van der Waals surface area (Å²) < 4.78 is 6.97. The zero-order valence-electron chi connectivity index (χ0n) is 16.8. The lowest BCUT2D eigenvalue weighted by Gasteiger charge is -2.15. The molecule has 0 aromatic heterocycles. The molecule has 3 amide bonds. The number of halogens is 2. The average molecular weight is 556 g/mol. The Labute approximate surface area is 201 Å². The maximum absolute atomic E-state index is 12.7. The predicted octanol–water partition coefficient (Wildman–Crippen LogP) is 5.67. The van der Waals surface area contributed by atoms with Crippen molar-refractivity contribution in [2.24, 2.45) is 0 Å². The molecular weight excluding hydrogens is 540 g/mol. The summed E-state index contributed by atoms with van der Waals surface area (Å²) in [6.45, 7) is 0. The van der Waals surface area contributed by atoms with Crippen LogP contribution >= 0.6 is 31.9 Å². The third-order valence-electron chi connectivity index (χ3n) is 4.82. The zero-order chi connectivity index (χ0) is 22.8. The van der Waals surface area contributed by atoms with Gasteiger partial charge in [-0.1, -0.05) is 34.1 Å². The topological polar surface area (TPSA) is 75.7 Å². The van der Waals surface area contributed by atoms with Gasteiger partial charge in [0.25, 0.3) is 11.8 Å². The number of hydrogen-bond acceptors (Lipinski definition) is 4. The van der Waals surface area contributed by atoms with Crippen molar-refractivity contribution in [1.82, 2.24) is 0 Å². The summed E-state index contributed by atoms with van der Waals surface area (Å²) in [5.41, 5.74) is 2.28. The Morgan fingerprint density at radius 2 is 1.66 bits per heavy atom. The maximum atomic E-state index is 12.7. The zero-order valence-corrected chi connectivity index (χ0v) is 19.9. The summed E-state index contributed by atoms with van der Waals surface area (Å²) in [7, 11) is 1.55. The smallest absolute Gasteiger partial charge is 0.266 e. The summed E-state index contributed by atoms with van der Waals surface area (Å²) in [5, 5.41) is 2.75. The second-order valence-corrected chi connectivity index (χ2v) is 8.64. The molecular formula is C24H16Br2N2O4. The van der Waals surface area contributed by atoms with Gasteiger partial charge in [0, 0.05) is 21.8 Å². The van der Waals surface area contributed by atoms with Crippen LogP contribution in [0.25, 0.3) is 6.08 Å². The van der Waals surface area contributed by atoms with E-state index in [-0.39, 0.29) is 17.7 Å². The molecule has 0 spiro atoms. The van der Waals surface area contributed by atoms with E-state index < -0.39 is 0 Å². The molecule has 6 nitrogen and oxygen atoms in total. The van der Waals surface area contributed by atoms with Crippen molar-refractivity contribution in [2.45, 2.75) is 0 Å². The third kappa shape index (κ3) is 4.24. The number of hydrogen-bond donors (Lipinski definition) is 1. The van der Waals surface area contributed by atoms with Crippen LogP contribution in [-0.4, -0.2) is 24.8 Å². The van der Waals surface area contributed by atoms with Crippen LogP contribution in [0.5, 0.6) is 5.75 Å². The van der Waals surface area contributed by atoms with E-state index in [4.69, 9.17) is 4.74 Å². The monoisotopic (exact) mass is 554 g/mol. The van der Waals surface area contributed by atoms with Crippen LogP contribution in [0.3, 0.4) is 0 Å². The van der Waals surface area contributed by atoms with Gasteiger partial charge in [-0.3, -0.25) is 14.4 Å². The van der Waals surface area contributed by atoms with Gasteiger partial charge in [0.2, 0.25) is 5.91 Å². The number of nitrogens with one attached hydrogen (secondary N) is 1. The van der Waals surface area contributed by atoms with Crippen LogP contribution in [0.2, 0.25) is 0 Å². The van der Waals surface area contributed by atoms with Crippen LogP contribution in [0.1, 0.15) is 26.3 Å². The minimum absolute atomic E-state index is 0.365. The van der Waals surface area contributed by atoms with E-state index in [1.54, 1.807) is 61.7 Å². The number of fused-ring (bicyclic) bond motifs is 1. The average Bonchev–Trinajstić information content (AvgIpc) is 3.02. The van der Waals surface area contributed by atoms with Gasteiger partial charge >= 0.3 is 0 Å². The molecule has 0 atom stereocenters. The van der Waals surface area contributed by atoms with E-state index in [1.807, 2.05) is 12.1 Å². The number of methoxy groups -OCH3 is 1. The van der Waals surface area contributed by atoms with E-state index in [9.17, 15) is 14.4 Å². The molecule has 0 aliphatic carbocycles. The fraction of sp³-hybridized carbons (Fsp3) is 0.0417. The number of nitrogens with zero attached hydrogens (tertiary/aromatic N) is 1. The second kappa shape index (κ2) is 9.10. The van der Waals surface area contributed by atoms with Crippen LogP contribution in [0, 0.1) is 0 Å². The van der Waals surface area contributed by atoms with Gasteiger partial charge in [-0.25, -0.2) is 4.90 Å². The van der Waals surface area contributed by atoms with Crippen molar-refractivity contribution < 1.29 is 19.1 Å². The molecule has 8 heteroatoms. The lowest BCUT2D eigenvalue weighted by atomic mass is 10.1. The van der Waals surface area contributed by atoms with Gasteiger partial charge < -0.3 is 10.1 Å². The highest BCUT2D eigenvalue weighted by atomic mass is 79.9. The highest BCUT2D eigenvalue weighted by molar-refractivity contribution is 9.11. The predicted molar refractivity (Wildman–Crippen MR) is 130 cm³/mol. The number of imide groups is 1. The van der Waals surface area contributed by atoms with Gasteiger partial charge in [-0.15, -0.1) is 0 Å².